The van der Waals surface area contributed by atoms with E-state index in [0.717, 1.165) is 11.3 Å². The first-order valence-electron chi connectivity index (χ1n) is 8.82. The molecule has 0 fully saturated rings. The van der Waals surface area contributed by atoms with Gasteiger partial charge in [0, 0.05) is 10.7 Å². The van der Waals surface area contributed by atoms with Crippen molar-refractivity contribution in [2.24, 2.45) is 0 Å². The molecule has 0 saturated heterocycles. The first kappa shape index (κ1) is 18.0. The van der Waals surface area contributed by atoms with Gasteiger partial charge in [0.2, 0.25) is 0 Å². The highest BCUT2D eigenvalue weighted by atomic mass is 35.5. The van der Waals surface area contributed by atoms with Crippen LogP contribution in [0, 0.1) is 6.92 Å². The number of imide groups is 1. The van der Waals surface area contributed by atoms with E-state index in [1.807, 2.05) is 37.3 Å². The zero-order valence-electron chi connectivity index (χ0n) is 15.1. The number of para-hydroxylation sites is 1. The van der Waals surface area contributed by atoms with Gasteiger partial charge in [-0.25, -0.2) is 4.90 Å². The molecule has 1 aliphatic rings. The molecule has 1 aliphatic heterocycles. The molecule has 0 saturated carbocycles. The van der Waals surface area contributed by atoms with Gasteiger partial charge in [0.25, 0.3) is 11.8 Å². The summed E-state index contributed by atoms with van der Waals surface area (Å²) < 4.78 is 0. The van der Waals surface area contributed by atoms with E-state index in [2.05, 4.69) is 5.32 Å². The molecule has 3 aromatic carbocycles. The van der Waals surface area contributed by atoms with E-state index in [1.165, 1.54) is 4.90 Å². The third-order valence-electron chi connectivity index (χ3n) is 4.55. The Hall–Kier alpha value is -3.37. The van der Waals surface area contributed by atoms with Crippen molar-refractivity contribution >= 4 is 40.4 Å². The number of halogens is 1. The number of hydrogen-bond acceptors (Lipinski definition) is 3. The van der Waals surface area contributed by atoms with E-state index in [9.17, 15) is 9.59 Å². The molecule has 138 valence electrons. The number of aryl methyl sites for hydroxylation is 1. The molecular formula is C23H17ClN2O2. The molecule has 0 atom stereocenters. The number of rotatable bonds is 4. The minimum absolute atomic E-state index is 0.250. The fraction of sp³-hybridized carbons (Fsp3) is 0.0435. The molecule has 2 amide bonds. The number of anilines is 2. The highest BCUT2D eigenvalue weighted by molar-refractivity contribution is 6.46. The van der Waals surface area contributed by atoms with E-state index < -0.39 is 0 Å². The van der Waals surface area contributed by atoms with Crippen LogP contribution >= 0.6 is 11.6 Å². The molecule has 1 N–H and O–H groups in total. The zero-order valence-corrected chi connectivity index (χ0v) is 15.9. The van der Waals surface area contributed by atoms with Gasteiger partial charge in [-0.05, 0) is 48.9 Å². The molecule has 4 rings (SSSR count). The lowest BCUT2D eigenvalue weighted by atomic mass is 10.0. The van der Waals surface area contributed by atoms with Crippen molar-refractivity contribution in [3.05, 3.63) is 101 Å². The summed E-state index contributed by atoms with van der Waals surface area (Å²) in [7, 11) is 0. The maximum absolute atomic E-state index is 13.2. The van der Waals surface area contributed by atoms with E-state index in [4.69, 9.17) is 11.6 Å². The molecule has 0 aromatic heterocycles. The van der Waals surface area contributed by atoms with E-state index in [-0.39, 0.29) is 17.5 Å². The number of amides is 2. The fourth-order valence-electron chi connectivity index (χ4n) is 3.12. The number of nitrogens with one attached hydrogen (secondary N) is 1. The monoisotopic (exact) mass is 388 g/mol. The van der Waals surface area contributed by atoms with Gasteiger partial charge < -0.3 is 5.32 Å². The van der Waals surface area contributed by atoms with Crippen molar-refractivity contribution in [1.29, 1.82) is 0 Å². The Morgan fingerprint density at radius 1 is 0.786 bits per heavy atom. The average molecular weight is 389 g/mol. The summed E-state index contributed by atoms with van der Waals surface area (Å²) in [5.74, 6) is -0.755. The van der Waals surface area contributed by atoms with Crippen LogP contribution in [0.2, 0.25) is 5.02 Å². The third kappa shape index (κ3) is 3.30. The van der Waals surface area contributed by atoms with Crippen LogP contribution in [-0.2, 0) is 9.59 Å². The maximum Gasteiger partial charge on any atom is 0.282 e. The van der Waals surface area contributed by atoms with Gasteiger partial charge in [0.15, 0.2) is 0 Å². The van der Waals surface area contributed by atoms with Gasteiger partial charge in [-0.3, -0.25) is 9.59 Å². The van der Waals surface area contributed by atoms with Crippen LogP contribution in [0.25, 0.3) is 5.57 Å². The van der Waals surface area contributed by atoms with Gasteiger partial charge >= 0.3 is 0 Å². The van der Waals surface area contributed by atoms with Crippen LogP contribution in [0.4, 0.5) is 11.4 Å². The van der Waals surface area contributed by atoms with Crippen molar-refractivity contribution in [1.82, 2.24) is 0 Å². The molecule has 3 aromatic rings. The summed E-state index contributed by atoms with van der Waals surface area (Å²) in [6.45, 7) is 1.99. The number of carbonyl (C=O) groups excluding carboxylic acids is 2. The SMILES string of the molecule is Cc1ccc(NC2=C(c3ccc(Cl)cc3)C(=O)N(c3ccccc3)C2=O)cc1. The number of carbonyl (C=O) groups is 2. The van der Waals surface area contributed by atoms with E-state index in [0.29, 0.717) is 21.8 Å². The Labute approximate surface area is 168 Å². The summed E-state index contributed by atoms with van der Waals surface area (Å²) in [5.41, 5.74) is 3.59. The Balaban J connectivity index is 1.81. The summed E-state index contributed by atoms with van der Waals surface area (Å²) in [5, 5.41) is 3.71. The summed E-state index contributed by atoms with van der Waals surface area (Å²) in [6, 6.07) is 23.5. The fourth-order valence-corrected chi connectivity index (χ4v) is 3.25. The number of hydrogen-bond donors (Lipinski definition) is 1. The number of nitrogens with zero attached hydrogens (tertiary/aromatic N) is 1. The summed E-state index contributed by atoms with van der Waals surface area (Å²) in [4.78, 5) is 27.6. The molecule has 0 radical (unpaired) electrons. The van der Waals surface area contributed by atoms with Crippen LogP contribution in [0.15, 0.2) is 84.6 Å². The van der Waals surface area contributed by atoms with Gasteiger partial charge in [0.1, 0.15) is 5.70 Å². The van der Waals surface area contributed by atoms with Gasteiger partial charge in [-0.15, -0.1) is 0 Å². The molecule has 4 nitrogen and oxygen atoms in total. The topological polar surface area (TPSA) is 49.4 Å². The summed E-state index contributed by atoms with van der Waals surface area (Å²) in [6.07, 6.45) is 0. The van der Waals surface area contributed by atoms with E-state index >= 15 is 0 Å². The van der Waals surface area contributed by atoms with Crippen molar-refractivity contribution in [3.63, 3.8) is 0 Å². The summed E-state index contributed by atoms with van der Waals surface area (Å²) >= 11 is 5.99. The smallest absolute Gasteiger partial charge is 0.282 e. The molecule has 0 unspecified atom stereocenters. The van der Waals surface area contributed by atoms with Crippen LogP contribution in [0.5, 0.6) is 0 Å². The first-order chi connectivity index (χ1) is 13.5. The van der Waals surface area contributed by atoms with Gasteiger partial charge in [0.05, 0.1) is 11.3 Å². The quantitative estimate of drug-likeness (QED) is 0.636. The first-order valence-corrected chi connectivity index (χ1v) is 9.20. The standard InChI is InChI=1S/C23H17ClN2O2/c1-15-7-13-18(14-8-15)25-21-20(16-9-11-17(24)12-10-16)22(27)26(23(21)28)19-5-3-2-4-6-19/h2-14,25H,1H3. The predicted octanol–water partition coefficient (Wildman–Crippen LogP) is 5.05. The van der Waals surface area contributed by atoms with Crippen molar-refractivity contribution in [3.8, 4) is 0 Å². The lowest BCUT2D eigenvalue weighted by molar-refractivity contribution is -0.120. The largest absolute Gasteiger partial charge is 0.350 e. The highest BCUT2D eigenvalue weighted by Gasteiger charge is 2.40. The van der Waals surface area contributed by atoms with E-state index in [1.54, 1.807) is 48.5 Å². The lowest BCUT2D eigenvalue weighted by Crippen LogP contribution is -2.32. The third-order valence-corrected chi connectivity index (χ3v) is 4.80. The molecule has 1 heterocycles. The minimum atomic E-state index is -0.387. The number of benzene rings is 3. The maximum atomic E-state index is 13.2. The second-order valence-electron chi connectivity index (χ2n) is 6.53. The lowest BCUT2D eigenvalue weighted by Gasteiger charge is -2.15. The predicted molar refractivity (Wildman–Crippen MR) is 112 cm³/mol. The van der Waals surface area contributed by atoms with Crippen LogP contribution < -0.4 is 10.2 Å². The minimum Gasteiger partial charge on any atom is -0.350 e. The van der Waals surface area contributed by atoms with Crippen LogP contribution in [-0.4, -0.2) is 11.8 Å². The normalized spacial score (nSPS) is 14.0. The Kier molecular flexibility index (Phi) is 4.72. The second-order valence-corrected chi connectivity index (χ2v) is 6.97. The highest BCUT2D eigenvalue weighted by Crippen LogP contribution is 2.34. The Morgan fingerprint density at radius 3 is 2.07 bits per heavy atom. The average Bonchev–Trinajstić information content (AvgIpc) is 2.95. The van der Waals surface area contributed by atoms with Crippen LogP contribution in [0.3, 0.4) is 0 Å². The molecule has 0 spiro atoms. The molecule has 0 aliphatic carbocycles. The molecule has 0 bridgehead atoms. The zero-order chi connectivity index (χ0) is 19.7. The van der Waals surface area contributed by atoms with Gasteiger partial charge in [-0.1, -0.05) is 59.6 Å². The molecule has 5 heteroatoms. The molecule has 28 heavy (non-hydrogen) atoms. The Bertz CT molecular complexity index is 1070. The van der Waals surface area contributed by atoms with Crippen molar-refractivity contribution in [2.75, 3.05) is 10.2 Å². The molecular weight excluding hydrogens is 372 g/mol. The van der Waals surface area contributed by atoms with Crippen molar-refractivity contribution < 1.29 is 9.59 Å². The van der Waals surface area contributed by atoms with Crippen LogP contribution in [0.1, 0.15) is 11.1 Å². The van der Waals surface area contributed by atoms with Gasteiger partial charge in [-0.2, -0.15) is 0 Å². The second kappa shape index (κ2) is 7.33. The Morgan fingerprint density at radius 2 is 1.43 bits per heavy atom. The van der Waals surface area contributed by atoms with Crippen molar-refractivity contribution in [2.45, 2.75) is 6.92 Å².